The zero-order valence-corrected chi connectivity index (χ0v) is 5.56. The van der Waals surface area contributed by atoms with Gasteiger partial charge in [0, 0.05) is 0 Å². The molecule has 0 nitrogen and oxygen atoms in total. The van der Waals surface area contributed by atoms with Gasteiger partial charge in [-0.15, -0.1) is 0 Å². The molecule has 0 heterocycles. The second-order valence-corrected chi connectivity index (χ2v) is 2.91. The maximum absolute atomic E-state index is 2.51. The third kappa shape index (κ3) is 0.970. The third-order valence-corrected chi connectivity index (χ3v) is 2.38. The molecule has 1 heteroatoms. The van der Waals surface area contributed by atoms with Crippen molar-refractivity contribution in [2.75, 3.05) is 0 Å². The van der Waals surface area contributed by atoms with Crippen LogP contribution in [0.2, 0.25) is 0 Å². The van der Waals surface area contributed by atoms with Gasteiger partial charge >= 0.3 is 18.9 Å². The van der Waals surface area contributed by atoms with E-state index in [1.54, 1.807) is 0 Å². The molecule has 0 aromatic heterocycles. The monoisotopic (exact) mass is 102 g/mol. The van der Waals surface area contributed by atoms with Gasteiger partial charge in [0.05, 0.1) is 0 Å². The molecule has 2 saturated carbocycles. The van der Waals surface area contributed by atoms with Crippen LogP contribution < -0.4 is 18.9 Å². The van der Waals surface area contributed by atoms with Crippen molar-refractivity contribution in [2.24, 2.45) is 11.8 Å². The van der Waals surface area contributed by atoms with Gasteiger partial charge in [0.1, 0.15) is 0 Å². The van der Waals surface area contributed by atoms with Gasteiger partial charge in [-0.05, 0) is 0 Å². The number of hydrogen-bond donors (Lipinski definition) is 0. The first-order chi connectivity index (χ1) is 3.45. The van der Waals surface area contributed by atoms with Crippen molar-refractivity contribution >= 4 is 0 Å². The molecular formula is C7H11Li. The summed E-state index contributed by atoms with van der Waals surface area (Å²) in [5.74, 6) is 2.16. The number of hydrogen-bond acceptors (Lipinski definition) is 0. The van der Waals surface area contributed by atoms with Crippen LogP contribution in [-0.2, 0) is 0 Å². The van der Waals surface area contributed by atoms with Crippen molar-refractivity contribution in [2.45, 2.75) is 25.7 Å². The first-order valence-electron chi connectivity index (χ1n) is 3.28. The van der Waals surface area contributed by atoms with E-state index in [1.165, 1.54) is 25.7 Å². The van der Waals surface area contributed by atoms with E-state index in [-0.39, 0.29) is 18.9 Å². The zero-order chi connectivity index (χ0) is 4.69. The Kier molecular flexibility index (Phi) is 2.06. The minimum atomic E-state index is 0. The summed E-state index contributed by atoms with van der Waals surface area (Å²) in [6.45, 7) is 0. The molecule has 0 N–H and O–H groups in total. The second-order valence-electron chi connectivity index (χ2n) is 2.91. The molecule has 2 unspecified atom stereocenters. The number of rotatable bonds is 0. The largest absolute Gasteiger partial charge is 1.00 e. The Bertz CT molecular complexity index is 62.5. The fraction of sp³-hybridized carbons (Fsp3) is 0.857. The van der Waals surface area contributed by atoms with Crippen molar-refractivity contribution in [3.05, 3.63) is 6.42 Å². The Balaban J connectivity index is 0.000000320. The molecule has 2 atom stereocenters. The molecule has 40 valence electrons. The van der Waals surface area contributed by atoms with Crippen LogP contribution in [-0.4, -0.2) is 0 Å². The van der Waals surface area contributed by atoms with Crippen molar-refractivity contribution in [1.82, 2.24) is 0 Å². The van der Waals surface area contributed by atoms with Crippen LogP contribution in [0.1, 0.15) is 25.7 Å². The quantitative estimate of drug-likeness (QED) is 0.272. The molecule has 0 aliphatic heterocycles. The fourth-order valence-corrected chi connectivity index (χ4v) is 1.93. The van der Waals surface area contributed by atoms with Crippen LogP contribution in [0, 0.1) is 18.3 Å². The molecule has 8 heavy (non-hydrogen) atoms. The summed E-state index contributed by atoms with van der Waals surface area (Å²) in [7, 11) is 0. The van der Waals surface area contributed by atoms with Crippen LogP contribution in [0.4, 0.5) is 0 Å². The zero-order valence-electron chi connectivity index (χ0n) is 5.56. The molecule has 0 radical (unpaired) electrons. The van der Waals surface area contributed by atoms with E-state index in [9.17, 15) is 0 Å². The van der Waals surface area contributed by atoms with E-state index < -0.39 is 0 Å². The molecule has 2 aliphatic carbocycles. The van der Waals surface area contributed by atoms with Crippen molar-refractivity contribution in [3.8, 4) is 0 Å². The molecule has 0 saturated heterocycles. The molecule has 2 aliphatic rings. The molecule has 0 amide bonds. The summed E-state index contributed by atoms with van der Waals surface area (Å²) < 4.78 is 0. The minimum absolute atomic E-state index is 0. The van der Waals surface area contributed by atoms with Gasteiger partial charge in [0.2, 0.25) is 0 Å². The predicted octanol–water partition coefficient (Wildman–Crippen LogP) is -0.985. The van der Waals surface area contributed by atoms with Gasteiger partial charge in [-0.25, -0.2) is 0 Å². The smallest absolute Gasteiger partial charge is 0.325 e. The molecule has 0 spiro atoms. The fourth-order valence-electron chi connectivity index (χ4n) is 1.93. The van der Waals surface area contributed by atoms with Gasteiger partial charge in [-0.1, -0.05) is 25.2 Å². The van der Waals surface area contributed by atoms with E-state index in [1.807, 2.05) is 0 Å². The molecule has 0 aromatic rings. The van der Waals surface area contributed by atoms with E-state index in [4.69, 9.17) is 0 Å². The third-order valence-electron chi connectivity index (χ3n) is 2.38. The van der Waals surface area contributed by atoms with E-state index in [2.05, 4.69) is 6.42 Å². The summed E-state index contributed by atoms with van der Waals surface area (Å²) >= 11 is 0. The van der Waals surface area contributed by atoms with Gasteiger partial charge in [0.15, 0.2) is 0 Å². The van der Waals surface area contributed by atoms with E-state index in [0.717, 1.165) is 11.8 Å². The predicted molar refractivity (Wildman–Crippen MR) is 29.7 cm³/mol. The van der Waals surface area contributed by atoms with Crippen molar-refractivity contribution in [1.29, 1.82) is 0 Å². The SMILES string of the molecule is [CH-]1CC2CCC1C2.[Li+]. The second kappa shape index (κ2) is 2.46. The maximum atomic E-state index is 2.51. The number of fused-ring (bicyclic) bond motifs is 2. The molecule has 2 fully saturated rings. The van der Waals surface area contributed by atoms with Gasteiger partial charge < -0.3 is 6.42 Å². The molecule has 0 aromatic carbocycles. The molecule has 2 bridgehead atoms. The standard InChI is InChI=1S/C7H11.Li/c1-2-7-4-3-6(1)5-7;/h1,6-7H,2-5H2;/q-1;+1. The van der Waals surface area contributed by atoms with Gasteiger partial charge in [0.25, 0.3) is 0 Å². The average molecular weight is 102 g/mol. The summed E-state index contributed by atoms with van der Waals surface area (Å²) in [6, 6.07) is 0. The van der Waals surface area contributed by atoms with Crippen LogP contribution in [0.5, 0.6) is 0 Å². The topological polar surface area (TPSA) is 0 Å². The van der Waals surface area contributed by atoms with Crippen LogP contribution in [0.3, 0.4) is 0 Å². The minimum Gasteiger partial charge on any atom is -0.325 e. The van der Waals surface area contributed by atoms with Crippen molar-refractivity contribution < 1.29 is 18.9 Å². The van der Waals surface area contributed by atoms with E-state index >= 15 is 0 Å². The van der Waals surface area contributed by atoms with Gasteiger partial charge in [-0.2, -0.15) is 12.3 Å². The summed E-state index contributed by atoms with van der Waals surface area (Å²) in [4.78, 5) is 0. The van der Waals surface area contributed by atoms with Crippen LogP contribution in [0.15, 0.2) is 0 Å². The average Bonchev–Trinajstić information content (AvgIpc) is 2.22. The summed E-state index contributed by atoms with van der Waals surface area (Å²) in [6.07, 6.45) is 8.50. The van der Waals surface area contributed by atoms with Crippen LogP contribution >= 0.6 is 0 Å². The van der Waals surface area contributed by atoms with Crippen molar-refractivity contribution in [3.63, 3.8) is 0 Å². The first-order valence-corrected chi connectivity index (χ1v) is 3.28. The Labute approximate surface area is 63.2 Å². The molecule has 2 rings (SSSR count). The first kappa shape index (κ1) is 6.71. The van der Waals surface area contributed by atoms with Crippen LogP contribution in [0.25, 0.3) is 0 Å². The Morgan fingerprint density at radius 2 is 2.12 bits per heavy atom. The van der Waals surface area contributed by atoms with E-state index in [0.29, 0.717) is 0 Å². The van der Waals surface area contributed by atoms with Gasteiger partial charge in [-0.3, -0.25) is 0 Å². The Morgan fingerprint density at radius 1 is 1.25 bits per heavy atom. The summed E-state index contributed by atoms with van der Waals surface area (Å²) in [5, 5.41) is 0. The molecular weight excluding hydrogens is 91.0 g/mol. The maximum Gasteiger partial charge on any atom is 1.00 e. The summed E-state index contributed by atoms with van der Waals surface area (Å²) in [5.41, 5.74) is 0. The Morgan fingerprint density at radius 3 is 2.25 bits per heavy atom. The Hall–Kier alpha value is 0.597. The normalized spacial score (nSPS) is 42.0.